The van der Waals surface area contributed by atoms with Crippen molar-refractivity contribution in [1.29, 1.82) is 0 Å². The van der Waals surface area contributed by atoms with E-state index in [1.54, 1.807) is 13.8 Å². The second-order valence-electron chi connectivity index (χ2n) is 5.65. The first kappa shape index (κ1) is 23.3. The zero-order chi connectivity index (χ0) is 22.5. The fourth-order valence-electron chi connectivity index (χ4n) is 2.31. The van der Waals surface area contributed by atoms with Crippen LogP contribution in [0.4, 0.5) is 0 Å². The monoisotopic (exact) mass is 458 g/mol. The Bertz CT molecular complexity index is 1130. The number of rotatable bonds is 8. The van der Waals surface area contributed by atoms with Crippen LogP contribution in [0.2, 0.25) is 0 Å². The summed E-state index contributed by atoms with van der Waals surface area (Å²) in [6, 6.07) is 7.42. The second kappa shape index (κ2) is 9.24. The first-order valence-electron chi connectivity index (χ1n) is 8.50. The molecule has 1 N–H and O–H groups in total. The lowest BCUT2D eigenvalue weighted by atomic mass is 10.1. The molecule has 2 rings (SSSR count). The van der Waals surface area contributed by atoms with Gasteiger partial charge in [-0.25, -0.2) is 9.59 Å². The molecule has 10 nitrogen and oxygen atoms in total. The standard InChI is InChI=1S/C18H18O10S2/c1-3-26-17(19)12-9-13(18(20)27-4-2)11-14(10-12)30(24,25)28-15-7-5-6-8-16(15)29(21,22)23/h5-11H,3-4H2,1-2H3,(H,21,22,23). The average molecular weight is 458 g/mol. The predicted octanol–water partition coefficient (Wildman–Crippen LogP) is 2.05. The zero-order valence-corrected chi connectivity index (χ0v) is 17.5. The molecule has 0 aromatic heterocycles. The molecule has 0 aliphatic rings. The van der Waals surface area contributed by atoms with Gasteiger partial charge in [-0.2, -0.15) is 16.8 Å². The van der Waals surface area contributed by atoms with Gasteiger partial charge in [0, 0.05) is 0 Å². The van der Waals surface area contributed by atoms with Crippen LogP contribution >= 0.6 is 0 Å². The molecule has 0 unspecified atom stereocenters. The summed E-state index contributed by atoms with van der Waals surface area (Å²) in [5.74, 6) is -2.45. The lowest BCUT2D eigenvalue weighted by Gasteiger charge is -2.12. The Balaban J connectivity index is 2.58. The molecule has 0 spiro atoms. The predicted molar refractivity (Wildman–Crippen MR) is 102 cm³/mol. The summed E-state index contributed by atoms with van der Waals surface area (Å²) >= 11 is 0. The maximum absolute atomic E-state index is 12.7. The second-order valence-corrected chi connectivity index (χ2v) is 8.58. The number of esters is 2. The van der Waals surface area contributed by atoms with Crippen LogP contribution in [0.1, 0.15) is 34.6 Å². The van der Waals surface area contributed by atoms with Gasteiger partial charge in [0.2, 0.25) is 0 Å². The molecule has 0 bridgehead atoms. The molecular weight excluding hydrogens is 440 g/mol. The Morgan fingerprint density at radius 1 is 0.867 bits per heavy atom. The third kappa shape index (κ3) is 5.55. The van der Waals surface area contributed by atoms with Crippen molar-refractivity contribution in [1.82, 2.24) is 0 Å². The Kier molecular flexibility index (Phi) is 7.18. The molecule has 0 saturated carbocycles. The van der Waals surface area contributed by atoms with Crippen molar-refractivity contribution >= 4 is 32.2 Å². The highest BCUT2D eigenvalue weighted by Crippen LogP contribution is 2.27. The van der Waals surface area contributed by atoms with E-state index in [4.69, 9.17) is 13.7 Å². The number of hydrogen-bond donors (Lipinski definition) is 1. The van der Waals surface area contributed by atoms with Crippen LogP contribution in [0.5, 0.6) is 5.75 Å². The van der Waals surface area contributed by atoms with Crippen molar-refractivity contribution in [2.24, 2.45) is 0 Å². The quantitative estimate of drug-likeness (QED) is 0.353. The number of ether oxygens (including phenoxy) is 2. The normalized spacial score (nSPS) is 11.6. The van der Waals surface area contributed by atoms with Crippen LogP contribution in [0.15, 0.2) is 52.3 Å². The molecule has 30 heavy (non-hydrogen) atoms. The fraction of sp³-hybridized carbons (Fsp3) is 0.222. The minimum Gasteiger partial charge on any atom is -0.462 e. The van der Waals surface area contributed by atoms with Gasteiger partial charge >= 0.3 is 22.1 Å². The highest BCUT2D eigenvalue weighted by molar-refractivity contribution is 7.87. The summed E-state index contributed by atoms with van der Waals surface area (Å²) < 4.78 is 72.2. The number of para-hydroxylation sites is 1. The molecule has 2 aromatic rings. The first-order chi connectivity index (χ1) is 14.0. The minimum absolute atomic E-state index is 0.00276. The van der Waals surface area contributed by atoms with Gasteiger partial charge in [-0.05, 0) is 44.2 Å². The van der Waals surface area contributed by atoms with E-state index >= 15 is 0 Å². The van der Waals surface area contributed by atoms with E-state index in [-0.39, 0.29) is 24.3 Å². The Morgan fingerprint density at radius 2 is 1.37 bits per heavy atom. The molecule has 0 radical (unpaired) electrons. The summed E-state index contributed by atoms with van der Waals surface area (Å²) in [4.78, 5) is 22.8. The molecule has 0 atom stereocenters. The Labute approximate surface area is 173 Å². The van der Waals surface area contributed by atoms with Crippen LogP contribution in [0, 0.1) is 0 Å². The molecule has 0 amide bonds. The van der Waals surface area contributed by atoms with Crippen LogP contribution in [-0.4, -0.2) is 46.5 Å². The molecule has 0 aliphatic heterocycles. The highest BCUT2D eigenvalue weighted by atomic mass is 32.2. The summed E-state index contributed by atoms with van der Waals surface area (Å²) in [6.45, 7) is 3.09. The van der Waals surface area contributed by atoms with Crippen LogP contribution in [0.25, 0.3) is 0 Å². The molecule has 0 heterocycles. The Morgan fingerprint density at radius 3 is 1.83 bits per heavy atom. The third-order valence-corrected chi connectivity index (χ3v) is 5.65. The van der Waals surface area contributed by atoms with E-state index < -0.39 is 47.7 Å². The van der Waals surface area contributed by atoms with Gasteiger partial charge in [-0.15, -0.1) is 0 Å². The van der Waals surface area contributed by atoms with E-state index in [1.807, 2.05) is 0 Å². The molecule has 0 fully saturated rings. The maximum Gasteiger partial charge on any atom is 0.339 e. The summed E-state index contributed by atoms with van der Waals surface area (Å²) in [5.41, 5.74) is -0.514. The number of hydrogen-bond acceptors (Lipinski definition) is 9. The molecule has 2 aromatic carbocycles. The van der Waals surface area contributed by atoms with Gasteiger partial charge in [0.15, 0.2) is 5.75 Å². The van der Waals surface area contributed by atoms with Gasteiger partial charge < -0.3 is 13.7 Å². The van der Waals surface area contributed by atoms with E-state index in [9.17, 15) is 31.0 Å². The average Bonchev–Trinajstić information content (AvgIpc) is 2.67. The summed E-state index contributed by atoms with van der Waals surface area (Å²) in [6.07, 6.45) is 0. The van der Waals surface area contributed by atoms with Crippen LogP contribution in [0.3, 0.4) is 0 Å². The fourth-order valence-corrected chi connectivity index (χ4v) is 3.99. The SMILES string of the molecule is CCOC(=O)c1cc(C(=O)OCC)cc(S(=O)(=O)Oc2ccccc2S(=O)(=O)O)c1. The lowest BCUT2D eigenvalue weighted by Crippen LogP contribution is -2.16. The maximum atomic E-state index is 12.7. The van der Waals surface area contributed by atoms with E-state index in [0.717, 1.165) is 30.3 Å². The van der Waals surface area contributed by atoms with Gasteiger partial charge in [0.25, 0.3) is 10.1 Å². The largest absolute Gasteiger partial charge is 0.462 e. The third-order valence-electron chi connectivity index (χ3n) is 3.54. The van der Waals surface area contributed by atoms with Gasteiger partial charge in [0.1, 0.15) is 9.79 Å². The lowest BCUT2D eigenvalue weighted by molar-refractivity contribution is 0.0524. The van der Waals surface area contributed by atoms with Crippen molar-refractivity contribution in [2.75, 3.05) is 13.2 Å². The summed E-state index contributed by atoms with van der Waals surface area (Å²) in [5, 5.41) is 0. The summed E-state index contributed by atoms with van der Waals surface area (Å²) in [7, 11) is -9.51. The van der Waals surface area contributed by atoms with Crippen molar-refractivity contribution in [2.45, 2.75) is 23.6 Å². The van der Waals surface area contributed by atoms with Gasteiger partial charge in [-0.1, -0.05) is 12.1 Å². The van der Waals surface area contributed by atoms with E-state index in [1.165, 1.54) is 12.1 Å². The zero-order valence-electron chi connectivity index (χ0n) is 15.9. The highest BCUT2D eigenvalue weighted by Gasteiger charge is 2.26. The number of carbonyl (C=O) groups is 2. The van der Waals surface area contributed by atoms with Gasteiger partial charge in [0.05, 0.1) is 24.3 Å². The molecule has 162 valence electrons. The van der Waals surface area contributed by atoms with Crippen molar-refractivity contribution in [3.05, 3.63) is 53.6 Å². The van der Waals surface area contributed by atoms with Crippen molar-refractivity contribution in [3.63, 3.8) is 0 Å². The van der Waals surface area contributed by atoms with Crippen molar-refractivity contribution in [3.8, 4) is 5.75 Å². The molecule has 12 heteroatoms. The van der Waals surface area contributed by atoms with Crippen LogP contribution < -0.4 is 4.18 Å². The van der Waals surface area contributed by atoms with E-state index in [2.05, 4.69) is 0 Å². The topological polar surface area (TPSA) is 150 Å². The number of benzene rings is 2. The molecule has 0 aliphatic carbocycles. The smallest absolute Gasteiger partial charge is 0.339 e. The van der Waals surface area contributed by atoms with E-state index in [0.29, 0.717) is 0 Å². The van der Waals surface area contributed by atoms with Gasteiger partial charge in [-0.3, -0.25) is 4.55 Å². The van der Waals surface area contributed by atoms with Crippen molar-refractivity contribution < 1.29 is 44.6 Å². The Hall–Kier alpha value is -2.96. The van der Waals surface area contributed by atoms with Crippen LogP contribution in [-0.2, 0) is 29.7 Å². The number of carbonyl (C=O) groups excluding carboxylic acids is 2. The minimum atomic E-state index is -4.78. The first-order valence-corrected chi connectivity index (χ1v) is 11.3. The molecule has 0 saturated heterocycles. The molecular formula is C18H18O10S2.